The van der Waals surface area contributed by atoms with Gasteiger partial charge in [0, 0.05) is 30.9 Å². The van der Waals surface area contributed by atoms with E-state index in [1.54, 1.807) is 48.5 Å². The molecule has 0 fully saturated rings. The van der Waals surface area contributed by atoms with Crippen LogP contribution in [0.1, 0.15) is 19.4 Å². The summed E-state index contributed by atoms with van der Waals surface area (Å²) in [5, 5.41) is 14.2. The van der Waals surface area contributed by atoms with Gasteiger partial charge < -0.3 is 15.5 Å². The fourth-order valence-electron chi connectivity index (χ4n) is 2.35. The molecule has 2 aromatic rings. The molecule has 0 saturated carbocycles. The number of nitrogens with one attached hydrogen (secondary N) is 2. The first-order chi connectivity index (χ1) is 12.4. The Bertz CT molecular complexity index is 886. The number of hydrogen-bond donors (Lipinski definition) is 2. The third kappa shape index (κ3) is 5.18. The molecule has 0 aliphatic carbocycles. The van der Waals surface area contributed by atoms with Crippen molar-refractivity contribution < 1.29 is 14.4 Å². The van der Waals surface area contributed by atoms with Gasteiger partial charge >= 0.3 is 0 Å². The van der Waals surface area contributed by atoms with Crippen molar-refractivity contribution in [1.29, 1.82) is 5.26 Å². The lowest BCUT2D eigenvalue weighted by molar-refractivity contribution is -0.120. The van der Waals surface area contributed by atoms with Gasteiger partial charge in [-0.1, -0.05) is 12.1 Å². The van der Waals surface area contributed by atoms with Gasteiger partial charge in [-0.05, 0) is 36.4 Å². The molecule has 7 nitrogen and oxygen atoms in total. The lowest BCUT2D eigenvalue weighted by Crippen LogP contribution is -2.36. The average molecular weight is 350 g/mol. The van der Waals surface area contributed by atoms with E-state index in [2.05, 4.69) is 10.6 Å². The zero-order valence-electron chi connectivity index (χ0n) is 14.4. The summed E-state index contributed by atoms with van der Waals surface area (Å²) in [4.78, 5) is 36.8. The third-order valence-corrected chi connectivity index (χ3v) is 3.44. The highest BCUT2D eigenvalue weighted by molar-refractivity contribution is 6.02. The van der Waals surface area contributed by atoms with Crippen LogP contribution in [0, 0.1) is 11.3 Å². The van der Waals surface area contributed by atoms with Crippen LogP contribution in [0.3, 0.4) is 0 Å². The molecule has 0 unspecified atom stereocenters. The summed E-state index contributed by atoms with van der Waals surface area (Å²) in [7, 11) is 0. The van der Waals surface area contributed by atoms with E-state index in [0.29, 0.717) is 22.6 Å². The molecule has 2 aromatic carbocycles. The standard InChI is InChI=1S/C19H18N4O3/c1-13(24)21-17-7-4-8-18(10-17)23(14(2)25)12-19(26)22-16-6-3-5-15(9-16)11-20/h3-10H,12H2,1-2H3,(H,21,24)(H,22,26). The highest BCUT2D eigenvalue weighted by atomic mass is 16.2. The minimum Gasteiger partial charge on any atom is -0.326 e. The average Bonchev–Trinajstić information content (AvgIpc) is 2.59. The molecule has 0 aromatic heterocycles. The molecular formula is C19H18N4O3. The Kier molecular flexibility index (Phi) is 6.06. The van der Waals surface area contributed by atoms with Gasteiger partial charge in [0.2, 0.25) is 17.7 Å². The summed E-state index contributed by atoms with van der Waals surface area (Å²) in [5.41, 5.74) is 1.92. The molecule has 2 rings (SSSR count). The Hall–Kier alpha value is -3.66. The maximum Gasteiger partial charge on any atom is 0.244 e. The van der Waals surface area contributed by atoms with E-state index in [1.165, 1.54) is 18.7 Å². The van der Waals surface area contributed by atoms with Crippen LogP contribution in [0.5, 0.6) is 0 Å². The first kappa shape index (κ1) is 18.7. The second-order valence-electron chi connectivity index (χ2n) is 5.58. The second-order valence-corrected chi connectivity index (χ2v) is 5.58. The number of carbonyl (C=O) groups is 3. The summed E-state index contributed by atoms with van der Waals surface area (Å²) in [5.74, 6) is -0.947. The number of rotatable bonds is 5. The van der Waals surface area contributed by atoms with Crippen molar-refractivity contribution >= 4 is 34.8 Å². The molecule has 132 valence electrons. The van der Waals surface area contributed by atoms with Gasteiger partial charge in [-0.15, -0.1) is 0 Å². The van der Waals surface area contributed by atoms with Gasteiger partial charge in [-0.3, -0.25) is 14.4 Å². The van der Waals surface area contributed by atoms with Gasteiger partial charge in [-0.25, -0.2) is 0 Å². The number of benzene rings is 2. The molecule has 2 N–H and O–H groups in total. The van der Waals surface area contributed by atoms with Crippen molar-refractivity contribution in [3.63, 3.8) is 0 Å². The zero-order chi connectivity index (χ0) is 19.1. The molecule has 26 heavy (non-hydrogen) atoms. The van der Waals surface area contributed by atoms with E-state index >= 15 is 0 Å². The smallest absolute Gasteiger partial charge is 0.244 e. The molecule has 0 aliphatic heterocycles. The van der Waals surface area contributed by atoms with Gasteiger partial charge in [0.1, 0.15) is 6.54 Å². The molecule has 0 aliphatic rings. The highest BCUT2D eigenvalue weighted by Gasteiger charge is 2.16. The zero-order valence-corrected chi connectivity index (χ0v) is 14.4. The summed E-state index contributed by atoms with van der Waals surface area (Å²) in [6.07, 6.45) is 0. The van der Waals surface area contributed by atoms with Crippen molar-refractivity contribution in [2.75, 3.05) is 22.1 Å². The van der Waals surface area contributed by atoms with Gasteiger partial charge in [0.05, 0.1) is 11.6 Å². The fraction of sp³-hybridized carbons (Fsp3) is 0.158. The second kappa shape index (κ2) is 8.44. The van der Waals surface area contributed by atoms with Crippen molar-refractivity contribution in [2.45, 2.75) is 13.8 Å². The Morgan fingerprint density at radius 3 is 2.27 bits per heavy atom. The van der Waals surface area contributed by atoms with Gasteiger partial charge in [-0.2, -0.15) is 5.26 Å². The number of amides is 3. The maximum atomic E-state index is 12.3. The van der Waals surface area contributed by atoms with Crippen LogP contribution in [0.4, 0.5) is 17.1 Å². The Morgan fingerprint density at radius 1 is 1.00 bits per heavy atom. The van der Waals surface area contributed by atoms with E-state index in [0.717, 1.165) is 0 Å². The number of anilines is 3. The summed E-state index contributed by atoms with van der Waals surface area (Å²) < 4.78 is 0. The maximum absolute atomic E-state index is 12.3. The van der Waals surface area contributed by atoms with Crippen LogP contribution >= 0.6 is 0 Å². The van der Waals surface area contributed by atoms with E-state index in [-0.39, 0.29) is 18.4 Å². The van der Waals surface area contributed by atoms with Crippen LogP contribution in [0.25, 0.3) is 0 Å². The molecule has 0 saturated heterocycles. The largest absolute Gasteiger partial charge is 0.326 e. The fourth-order valence-corrected chi connectivity index (χ4v) is 2.35. The predicted molar refractivity (Wildman–Crippen MR) is 98.6 cm³/mol. The topological polar surface area (TPSA) is 102 Å². The van der Waals surface area contributed by atoms with Gasteiger partial charge in [0.15, 0.2) is 0 Å². The molecule has 0 spiro atoms. The molecule has 0 atom stereocenters. The number of hydrogen-bond acceptors (Lipinski definition) is 4. The number of carbonyl (C=O) groups excluding carboxylic acids is 3. The van der Waals surface area contributed by atoms with Crippen molar-refractivity contribution in [3.05, 3.63) is 54.1 Å². The summed E-state index contributed by atoms with van der Waals surface area (Å²) >= 11 is 0. The van der Waals surface area contributed by atoms with E-state index in [1.807, 2.05) is 6.07 Å². The van der Waals surface area contributed by atoms with Crippen LogP contribution in [0.2, 0.25) is 0 Å². The van der Waals surface area contributed by atoms with E-state index in [4.69, 9.17) is 5.26 Å². The Labute approximate surface area is 151 Å². The van der Waals surface area contributed by atoms with Crippen molar-refractivity contribution in [1.82, 2.24) is 0 Å². The van der Waals surface area contributed by atoms with Crippen molar-refractivity contribution in [3.8, 4) is 6.07 Å². The molecule has 0 radical (unpaired) electrons. The lowest BCUT2D eigenvalue weighted by Gasteiger charge is -2.21. The van der Waals surface area contributed by atoms with Crippen molar-refractivity contribution in [2.24, 2.45) is 0 Å². The SMILES string of the molecule is CC(=O)Nc1cccc(N(CC(=O)Nc2cccc(C#N)c2)C(C)=O)c1. The minimum absolute atomic E-state index is 0.199. The highest BCUT2D eigenvalue weighted by Crippen LogP contribution is 2.20. The van der Waals surface area contributed by atoms with Crippen LogP contribution in [-0.2, 0) is 14.4 Å². The third-order valence-electron chi connectivity index (χ3n) is 3.44. The minimum atomic E-state index is -0.403. The van der Waals surface area contributed by atoms with Crippen LogP contribution < -0.4 is 15.5 Å². The van der Waals surface area contributed by atoms with E-state index in [9.17, 15) is 14.4 Å². The van der Waals surface area contributed by atoms with Crippen LogP contribution in [-0.4, -0.2) is 24.3 Å². The summed E-state index contributed by atoms with van der Waals surface area (Å²) in [6.45, 7) is 2.54. The quantitative estimate of drug-likeness (QED) is 0.865. The first-order valence-electron chi connectivity index (χ1n) is 7.85. The molecule has 3 amide bonds. The normalized spacial score (nSPS) is 9.73. The molecular weight excluding hydrogens is 332 g/mol. The first-order valence-corrected chi connectivity index (χ1v) is 7.85. The number of nitriles is 1. The predicted octanol–water partition coefficient (Wildman–Crippen LogP) is 2.51. The Morgan fingerprint density at radius 2 is 1.65 bits per heavy atom. The lowest BCUT2D eigenvalue weighted by atomic mass is 10.2. The molecule has 0 heterocycles. The molecule has 7 heteroatoms. The number of nitrogens with zero attached hydrogens (tertiary/aromatic N) is 2. The monoisotopic (exact) mass is 350 g/mol. The Balaban J connectivity index is 2.15. The molecule has 0 bridgehead atoms. The van der Waals surface area contributed by atoms with Gasteiger partial charge in [0.25, 0.3) is 0 Å². The van der Waals surface area contributed by atoms with Crippen LogP contribution in [0.15, 0.2) is 48.5 Å². The van der Waals surface area contributed by atoms with E-state index < -0.39 is 5.91 Å². The summed E-state index contributed by atoms with van der Waals surface area (Å²) in [6, 6.07) is 15.2.